The maximum atomic E-state index is 13.6. The number of H-pyrrole nitrogens is 1. The lowest BCUT2D eigenvalue weighted by Gasteiger charge is -2.19. The summed E-state index contributed by atoms with van der Waals surface area (Å²) in [6.07, 6.45) is 3.13. The third kappa shape index (κ3) is 5.35. The predicted octanol–water partition coefficient (Wildman–Crippen LogP) is 5.30. The summed E-state index contributed by atoms with van der Waals surface area (Å²) in [4.78, 5) is 14.9. The summed E-state index contributed by atoms with van der Waals surface area (Å²) >= 11 is 0. The number of aliphatic hydroxyl groups is 1. The molecule has 0 radical (unpaired) electrons. The first-order chi connectivity index (χ1) is 18.4. The first kappa shape index (κ1) is 26.1. The monoisotopic (exact) mass is 518 g/mol. The lowest BCUT2D eigenvalue weighted by atomic mass is 9.97. The van der Waals surface area contributed by atoms with Crippen molar-refractivity contribution in [2.24, 2.45) is 0 Å². The Morgan fingerprint density at radius 2 is 1.68 bits per heavy atom. The van der Waals surface area contributed by atoms with Crippen molar-refractivity contribution < 1.29 is 18.6 Å². The number of aryl methyl sites for hydroxylation is 2. The van der Waals surface area contributed by atoms with Gasteiger partial charge in [0.25, 0.3) is 0 Å². The van der Waals surface area contributed by atoms with Gasteiger partial charge in [0.15, 0.2) is 11.6 Å². The van der Waals surface area contributed by atoms with E-state index in [9.17, 15) is 18.7 Å². The smallest absolute Gasteiger partial charge is 0.248 e. The second-order valence-electron chi connectivity index (χ2n) is 9.93. The highest BCUT2D eigenvalue weighted by atomic mass is 19.2. The first-order valence-electron chi connectivity index (χ1n) is 13.1. The zero-order chi connectivity index (χ0) is 26.8. The molecule has 0 aliphatic heterocycles. The molecule has 3 aromatic carbocycles. The summed E-state index contributed by atoms with van der Waals surface area (Å²) in [5.74, 6) is -1.48. The molecule has 0 fully saturated rings. The summed E-state index contributed by atoms with van der Waals surface area (Å²) in [5.41, 5.74) is 6.87. The molecule has 1 atom stereocenters. The Labute approximate surface area is 220 Å². The van der Waals surface area contributed by atoms with Crippen LogP contribution in [0.5, 0.6) is 5.75 Å². The molecule has 0 bridgehead atoms. The Bertz CT molecular complexity index is 1500. The Kier molecular flexibility index (Phi) is 7.58. The number of halogens is 2. The van der Waals surface area contributed by atoms with Crippen LogP contribution in [0.1, 0.15) is 53.3 Å². The largest absolute Gasteiger partial charge is 0.487 e. The normalized spacial score (nSPS) is 14.1. The fraction of sp³-hybridized carbons (Fsp3) is 0.323. The molecule has 4 aromatic rings. The maximum Gasteiger partial charge on any atom is 0.248 e. The van der Waals surface area contributed by atoms with Gasteiger partial charge in [-0.1, -0.05) is 38.1 Å². The van der Waals surface area contributed by atoms with Crippen molar-refractivity contribution in [3.8, 4) is 5.75 Å². The van der Waals surface area contributed by atoms with Crippen LogP contribution in [-0.2, 0) is 32.3 Å². The van der Waals surface area contributed by atoms with Crippen LogP contribution in [-0.4, -0.2) is 22.7 Å². The van der Waals surface area contributed by atoms with Gasteiger partial charge in [-0.2, -0.15) is 0 Å². The molecule has 5 rings (SSSR count). The van der Waals surface area contributed by atoms with Gasteiger partial charge in [-0.05, 0) is 83.3 Å². The van der Waals surface area contributed by atoms with Gasteiger partial charge in [0, 0.05) is 24.0 Å². The molecule has 1 aliphatic rings. The molecular formula is C31H32F2N2O3. The number of aromatic amines is 1. The molecule has 0 spiro atoms. The highest BCUT2D eigenvalue weighted by molar-refractivity contribution is 5.87. The molecule has 0 saturated carbocycles. The van der Waals surface area contributed by atoms with Crippen LogP contribution >= 0.6 is 0 Å². The van der Waals surface area contributed by atoms with E-state index in [0.717, 1.165) is 37.8 Å². The number of hydrogen-bond acceptors (Lipinski definition) is 4. The number of rotatable bonds is 9. The van der Waals surface area contributed by atoms with E-state index in [1.165, 1.54) is 34.4 Å². The fourth-order valence-corrected chi connectivity index (χ4v) is 5.41. The van der Waals surface area contributed by atoms with E-state index in [0.29, 0.717) is 34.3 Å². The highest BCUT2D eigenvalue weighted by Crippen LogP contribution is 2.31. The molecule has 7 heteroatoms. The van der Waals surface area contributed by atoms with Crippen molar-refractivity contribution in [3.63, 3.8) is 0 Å². The number of aliphatic hydroxyl groups excluding tert-OH is 1. The number of benzene rings is 3. The van der Waals surface area contributed by atoms with Crippen LogP contribution in [0.15, 0.2) is 59.4 Å². The minimum atomic E-state index is -0.947. The zero-order valence-electron chi connectivity index (χ0n) is 21.6. The second kappa shape index (κ2) is 11.1. The number of pyridine rings is 1. The summed E-state index contributed by atoms with van der Waals surface area (Å²) in [6.45, 7) is 4.74. The van der Waals surface area contributed by atoms with Crippen LogP contribution in [0.3, 0.4) is 0 Å². The van der Waals surface area contributed by atoms with Gasteiger partial charge in [-0.25, -0.2) is 8.78 Å². The SMILES string of the molecule is CCc1cc2c(cc1CC)CC(NC[C@@H](O)c1ccc(OCc3ccc(F)c(F)c3)c3[nH]c(=O)ccc13)C2. The summed E-state index contributed by atoms with van der Waals surface area (Å²) in [6, 6.07) is 15.0. The number of ether oxygens (including phenoxy) is 1. The topological polar surface area (TPSA) is 74.3 Å². The summed E-state index contributed by atoms with van der Waals surface area (Å²) in [5, 5.41) is 15.3. The van der Waals surface area contributed by atoms with Crippen molar-refractivity contribution in [1.82, 2.24) is 10.3 Å². The molecule has 1 aliphatic carbocycles. The zero-order valence-corrected chi connectivity index (χ0v) is 21.6. The van der Waals surface area contributed by atoms with E-state index in [-0.39, 0.29) is 18.2 Å². The van der Waals surface area contributed by atoms with Crippen LogP contribution in [0.4, 0.5) is 8.78 Å². The fourth-order valence-electron chi connectivity index (χ4n) is 5.41. The van der Waals surface area contributed by atoms with Crippen LogP contribution in [0, 0.1) is 11.6 Å². The molecular weight excluding hydrogens is 486 g/mol. The predicted molar refractivity (Wildman–Crippen MR) is 145 cm³/mol. The molecule has 198 valence electrons. The highest BCUT2D eigenvalue weighted by Gasteiger charge is 2.24. The average Bonchev–Trinajstić information content (AvgIpc) is 3.33. The number of aromatic nitrogens is 1. The maximum absolute atomic E-state index is 13.6. The van der Waals surface area contributed by atoms with Gasteiger partial charge >= 0.3 is 0 Å². The van der Waals surface area contributed by atoms with Crippen molar-refractivity contribution in [3.05, 3.63) is 110 Å². The molecule has 5 nitrogen and oxygen atoms in total. The summed E-state index contributed by atoms with van der Waals surface area (Å²) < 4.78 is 32.7. The van der Waals surface area contributed by atoms with Crippen LogP contribution in [0.2, 0.25) is 0 Å². The van der Waals surface area contributed by atoms with E-state index in [4.69, 9.17) is 4.74 Å². The van der Waals surface area contributed by atoms with Gasteiger partial charge in [-0.15, -0.1) is 0 Å². The molecule has 1 heterocycles. The van der Waals surface area contributed by atoms with Crippen molar-refractivity contribution in [2.75, 3.05) is 6.54 Å². The van der Waals surface area contributed by atoms with Gasteiger partial charge in [-0.3, -0.25) is 4.79 Å². The molecule has 38 heavy (non-hydrogen) atoms. The van der Waals surface area contributed by atoms with E-state index in [1.54, 1.807) is 18.2 Å². The Morgan fingerprint density at radius 3 is 2.34 bits per heavy atom. The number of hydrogen-bond donors (Lipinski definition) is 3. The van der Waals surface area contributed by atoms with E-state index < -0.39 is 17.7 Å². The standard InChI is InChI=1S/C31H32F2N2O3/c1-3-19-12-21-14-23(15-22(21)13-20(19)4-2)34-16-28(36)24-6-9-29(31-25(24)7-10-30(37)35-31)38-17-18-5-8-26(32)27(33)11-18/h5-13,23,28,34,36H,3-4,14-17H2,1-2H3,(H,35,37)/t28-/m1/s1. The Hall–Kier alpha value is -3.55. The van der Waals surface area contributed by atoms with Crippen LogP contribution in [0.25, 0.3) is 10.9 Å². The van der Waals surface area contributed by atoms with E-state index in [1.807, 2.05) is 0 Å². The lowest BCUT2D eigenvalue weighted by molar-refractivity contribution is 0.171. The van der Waals surface area contributed by atoms with Crippen molar-refractivity contribution in [1.29, 1.82) is 0 Å². The minimum absolute atomic E-state index is 0.00554. The molecule has 0 unspecified atom stereocenters. The minimum Gasteiger partial charge on any atom is -0.487 e. The quantitative estimate of drug-likeness (QED) is 0.281. The van der Waals surface area contributed by atoms with Crippen molar-refractivity contribution >= 4 is 10.9 Å². The molecule has 0 saturated heterocycles. The molecule has 0 amide bonds. The van der Waals surface area contributed by atoms with Gasteiger partial charge in [0.2, 0.25) is 5.56 Å². The van der Waals surface area contributed by atoms with E-state index in [2.05, 4.69) is 36.3 Å². The first-order valence-corrected chi connectivity index (χ1v) is 13.1. The van der Waals surface area contributed by atoms with Gasteiger partial charge in [0.05, 0.1) is 11.6 Å². The Morgan fingerprint density at radius 1 is 0.974 bits per heavy atom. The van der Waals surface area contributed by atoms with E-state index >= 15 is 0 Å². The van der Waals surface area contributed by atoms with Crippen LogP contribution < -0.4 is 15.6 Å². The number of fused-ring (bicyclic) bond motifs is 2. The molecule has 3 N–H and O–H groups in total. The summed E-state index contributed by atoms with van der Waals surface area (Å²) in [7, 11) is 0. The third-order valence-electron chi connectivity index (χ3n) is 7.44. The average molecular weight is 519 g/mol. The van der Waals surface area contributed by atoms with Gasteiger partial charge in [0.1, 0.15) is 12.4 Å². The van der Waals surface area contributed by atoms with Gasteiger partial charge < -0.3 is 20.1 Å². The van der Waals surface area contributed by atoms with Crippen molar-refractivity contribution in [2.45, 2.75) is 58.3 Å². The third-order valence-corrected chi connectivity index (χ3v) is 7.44. The number of nitrogens with one attached hydrogen (secondary N) is 2. The lowest BCUT2D eigenvalue weighted by Crippen LogP contribution is -2.33. The molecule has 1 aromatic heterocycles. The second-order valence-corrected chi connectivity index (χ2v) is 9.93. The Balaban J connectivity index is 1.30.